The van der Waals surface area contributed by atoms with E-state index in [4.69, 9.17) is 0 Å². The third-order valence-corrected chi connectivity index (χ3v) is 2.20. The number of hydrogen-bond acceptors (Lipinski definition) is 0. The molecule has 0 unspecified atom stereocenters. The Hall–Kier alpha value is -1.50. The Labute approximate surface area is 78.6 Å². The smallest absolute Gasteiger partial charge is 0.0484 e. The molecule has 13 heavy (non-hydrogen) atoms. The van der Waals surface area contributed by atoms with Gasteiger partial charge in [-0.25, -0.2) is 0 Å². The van der Waals surface area contributed by atoms with Gasteiger partial charge in [0, 0.05) is 17.6 Å². The Bertz CT molecular complexity index is 413. The van der Waals surface area contributed by atoms with Crippen LogP contribution in [0.25, 0.3) is 5.69 Å². The molecule has 0 aliphatic rings. The normalized spacial score (nSPS) is 10.3. The molecule has 0 aliphatic heterocycles. The topological polar surface area (TPSA) is 4.93 Å². The fraction of sp³-hybridized carbons (Fsp3) is 0.0833. The number of aromatic nitrogens is 1. The second-order valence-corrected chi connectivity index (χ2v) is 3.15. The Morgan fingerprint density at radius 3 is 2.46 bits per heavy atom. The second kappa shape index (κ2) is 3.09. The predicted octanol–water partition coefficient (Wildman–Crippen LogP) is 2.97. The van der Waals surface area contributed by atoms with Gasteiger partial charge in [-0.05, 0) is 37.6 Å². The van der Waals surface area contributed by atoms with Gasteiger partial charge in [0.1, 0.15) is 0 Å². The molecule has 0 saturated carbocycles. The summed E-state index contributed by atoms with van der Waals surface area (Å²) in [5.74, 6) is 0. The third-order valence-electron chi connectivity index (χ3n) is 2.20. The summed E-state index contributed by atoms with van der Waals surface area (Å²) in [5.41, 5.74) is 3.45. The molecule has 1 aromatic carbocycles. The van der Waals surface area contributed by atoms with Gasteiger partial charge >= 0.3 is 0 Å². The molecule has 1 heterocycles. The van der Waals surface area contributed by atoms with E-state index in [-0.39, 0.29) is 0 Å². The van der Waals surface area contributed by atoms with E-state index >= 15 is 0 Å². The van der Waals surface area contributed by atoms with Crippen LogP contribution in [0, 0.1) is 13.8 Å². The van der Waals surface area contributed by atoms with Crippen molar-refractivity contribution in [1.29, 1.82) is 0 Å². The van der Waals surface area contributed by atoms with Crippen LogP contribution in [0.3, 0.4) is 0 Å². The molecule has 0 amide bonds. The lowest BCUT2D eigenvalue weighted by molar-refractivity contribution is 1.01. The van der Waals surface area contributed by atoms with E-state index in [2.05, 4.69) is 36.7 Å². The Morgan fingerprint density at radius 1 is 1.08 bits per heavy atom. The SMILES string of the molecule is [CH2]c1ccccc1-n1cccc1C. The number of para-hydroxylation sites is 1. The maximum absolute atomic E-state index is 4.00. The van der Waals surface area contributed by atoms with Crippen molar-refractivity contribution in [3.63, 3.8) is 0 Å². The maximum atomic E-state index is 4.00. The zero-order chi connectivity index (χ0) is 9.26. The first-order valence-corrected chi connectivity index (χ1v) is 4.34. The Balaban J connectivity index is 2.59. The van der Waals surface area contributed by atoms with Crippen LogP contribution < -0.4 is 0 Å². The highest BCUT2D eigenvalue weighted by atomic mass is 15.0. The van der Waals surface area contributed by atoms with Gasteiger partial charge in [-0.15, -0.1) is 0 Å². The molecule has 0 bridgehead atoms. The summed E-state index contributed by atoms with van der Waals surface area (Å²) >= 11 is 0. The van der Waals surface area contributed by atoms with Crippen molar-refractivity contribution in [1.82, 2.24) is 4.57 Å². The fourth-order valence-corrected chi connectivity index (χ4v) is 1.48. The quantitative estimate of drug-likeness (QED) is 0.620. The van der Waals surface area contributed by atoms with Gasteiger partial charge < -0.3 is 4.57 Å². The molecule has 1 nitrogen and oxygen atoms in total. The largest absolute Gasteiger partial charge is 0.321 e. The van der Waals surface area contributed by atoms with Crippen LogP contribution in [-0.4, -0.2) is 4.57 Å². The lowest BCUT2D eigenvalue weighted by Gasteiger charge is -2.08. The summed E-state index contributed by atoms with van der Waals surface area (Å²) in [4.78, 5) is 0. The van der Waals surface area contributed by atoms with E-state index in [0.29, 0.717) is 0 Å². The molecule has 0 atom stereocenters. The number of aryl methyl sites for hydroxylation is 1. The second-order valence-electron chi connectivity index (χ2n) is 3.15. The molecule has 2 rings (SSSR count). The molecule has 0 fully saturated rings. The molecule has 1 radical (unpaired) electrons. The highest BCUT2D eigenvalue weighted by Crippen LogP contribution is 2.15. The summed E-state index contributed by atoms with van der Waals surface area (Å²) in [7, 11) is 0. The fourth-order valence-electron chi connectivity index (χ4n) is 1.48. The third kappa shape index (κ3) is 1.37. The highest BCUT2D eigenvalue weighted by Gasteiger charge is 2.00. The van der Waals surface area contributed by atoms with Crippen LogP contribution >= 0.6 is 0 Å². The van der Waals surface area contributed by atoms with E-state index in [9.17, 15) is 0 Å². The van der Waals surface area contributed by atoms with E-state index in [1.807, 2.05) is 24.3 Å². The van der Waals surface area contributed by atoms with Crippen molar-refractivity contribution in [2.45, 2.75) is 6.92 Å². The zero-order valence-corrected chi connectivity index (χ0v) is 7.70. The molecule has 0 N–H and O–H groups in total. The Morgan fingerprint density at radius 2 is 1.85 bits per heavy atom. The highest BCUT2D eigenvalue weighted by molar-refractivity contribution is 5.44. The van der Waals surface area contributed by atoms with Gasteiger partial charge in [0.2, 0.25) is 0 Å². The monoisotopic (exact) mass is 170 g/mol. The first-order valence-electron chi connectivity index (χ1n) is 4.34. The van der Waals surface area contributed by atoms with Crippen LogP contribution in [0.1, 0.15) is 11.3 Å². The number of hydrogen-bond donors (Lipinski definition) is 0. The maximum Gasteiger partial charge on any atom is 0.0484 e. The van der Waals surface area contributed by atoms with E-state index in [1.165, 1.54) is 5.69 Å². The lowest BCUT2D eigenvalue weighted by atomic mass is 10.2. The number of benzene rings is 1. The van der Waals surface area contributed by atoms with Gasteiger partial charge in [-0.1, -0.05) is 18.2 Å². The van der Waals surface area contributed by atoms with Crippen LogP contribution in [0.2, 0.25) is 0 Å². The summed E-state index contributed by atoms with van der Waals surface area (Å²) < 4.78 is 2.14. The summed E-state index contributed by atoms with van der Waals surface area (Å²) in [6.45, 7) is 6.09. The van der Waals surface area contributed by atoms with E-state index in [0.717, 1.165) is 11.3 Å². The van der Waals surface area contributed by atoms with Crippen LogP contribution in [-0.2, 0) is 0 Å². The molecule has 0 saturated heterocycles. The molecule has 65 valence electrons. The molecular weight excluding hydrogens is 158 g/mol. The van der Waals surface area contributed by atoms with Crippen molar-refractivity contribution >= 4 is 0 Å². The van der Waals surface area contributed by atoms with Crippen LogP contribution in [0.4, 0.5) is 0 Å². The van der Waals surface area contributed by atoms with Crippen molar-refractivity contribution in [2.24, 2.45) is 0 Å². The molecule has 2 aromatic rings. The van der Waals surface area contributed by atoms with Crippen molar-refractivity contribution < 1.29 is 0 Å². The van der Waals surface area contributed by atoms with Crippen molar-refractivity contribution in [3.8, 4) is 5.69 Å². The minimum atomic E-state index is 1.06. The molecule has 0 aliphatic carbocycles. The average Bonchev–Trinajstić information content (AvgIpc) is 2.52. The van der Waals surface area contributed by atoms with Crippen LogP contribution in [0.5, 0.6) is 0 Å². The first kappa shape index (κ1) is 8.11. The van der Waals surface area contributed by atoms with Gasteiger partial charge in [0.15, 0.2) is 0 Å². The molecular formula is C12H12N. The molecule has 0 spiro atoms. The zero-order valence-electron chi connectivity index (χ0n) is 7.70. The van der Waals surface area contributed by atoms with Crippen LogP contribution in [0.15, 0.2) is 42.6 Å². The van der Waals surface area contributed by atoms with Crippen molar-refractivity contribution in [3.05, 3.63) is 60.8 Å². The first-order chi connectivity index (χ1) is 6.29. The summed E-state index contributed by atoms with van der Waals surface area (Å²) in [5, 5.41) is 0. The molecule has 1 aromatic heterocycles. The van der Waals surface area contributed by atoms with Crippen molar-refractivity contribution in [2.75, 3.05) is 0 Å². The van der Waals surface area contributed by atoms with Gasteiger partial charge in [-0.3, -0.25) is 0 Å². The lowest BCUT2D eigenvalue weighted by Crippen LogP contribution is -1.96. The standard InChI is InChI=1S/C12H12N/c1-10-6-3-4-8-12(10)13-9-5-7-11(13)2/h3-9H,1H2,2H3. The minimum Gasteiger partial charge on any atom is -0.321 e. The number of rotatable bonds is 1. The summed E-state index contributed by atoms with van der Waals surface area (Å²) in [6.07, 6.45) is 2.05. The van der Waals surface area contributed by atoms with Gasteiger partial charge in [0.05, 0.1) is 0 Å². The Kier molecular flexibility index (Phi) is 1.93. The number of nitrogens with zero attached hydrogens (tertiary/aromatic N) is 1. The van der Waals surface area contributed by atoms with Gasteiger partial charge in [-0.2, -0.15) is 0 Å². The average molecular weight is 170 g/mol. The van der Waals surface area contributed by atoms with E-state index in [1.54, 1.807) is 0 Å². The van der Waals surface area contributed by atoms with Gasteiger partial charge in [0.25, 0.3) is 0 Å². The molecule has 1 heteroatoms. The van der Waals surface area contributed by atoms with E-state index < -0.39 is 0 Å². The predicted molar refractivity (Wildman–Crippen MR) is 55.0 cm³/mol. The minimum absolute atomic E-state index is 1.06. The summed E-state index contributed by atoms with van der Waals surface area (Å²) in [6, 6.07) is 12.3.